The molecule has 0 aliphatic rings. The molecule has 21 nitrogen and oxygen atoms in total. The number of hydrogen-bond donors (Lipinski definition) is 6. The number of nitrogens with one attached hydrogen (secondary N) is 4. The van der Waals surface area contributed by atoms with Crippen molar-refractivity contribution in [3.8, 4) is 34.1 Å². The van der Waals surface area contributed by atoms with E-state index in [1.165, 1.54) is 49.4 Å². The zero-order valence-corrected chi connectivity index (χ0v) is 55.7. The average molecular weight is 1410 g/mol. The maximum atomic E-state index is 13.4. The topological polar surface area (TPSA) is 297 Å². The minimum Gasteiger partial charge on any atom is -0.487 e. The van der Waals surface area contributed by atoms with Crippen molar-refractivity contribution in [1.82, 2.24) is 30.6 Å². The number of nitrogens with zero attached hydrogens (tertiary/aromatic N) is 4. The SMILES string of the molecule is CO.CS(=O)(=O)CCNCc1ccc(-c2ccc3ncnc(Nc4ccc(OCc5cccc(F)c5)c(Cl)c4)c3c2)o1.CS(=O)(=O)CCNCc1ccc(-c2ccc3ncnc(Nc4ccc(OCc5cccc(F)c5)c(Cl)c4)c3c2)o1.Cl.Cl.O=COCCCCC(=O)O. The summed E-state index contributed by atoms with van der Waals surface area (Å²) in [5, 5.41) is 30.3. The second-order valence-electron chi connectivity index (χ2n) is 20.2. The summed E-state index contributed by atoms with van der Waals surface area (Å²) < 4.78 is 99.9. The van der Waals surface area contributed by atoms with Gasteiger partial charge in [0.05, 0.1) is 52.3 Å². The van der Waals surface area contributed by atoms with Crippen LogP contribution in [0.5, 0.6) is 11.5 Å². The van der Waals surface area contributed by atoms with Gasteiger partial charge in [-0.05, 0) is 145 Å². The Morgan fingerprint density at radius 1 is 0.585 bits per heavy atom. The van der Waals surface area contributed by atoms with E-state index in [0.717, 1.165) is 40.0 Å². The minimum atomic E-state index is -3.02. The molecule has 4 heterocycles. The van der Waals surface area contributed by atoms with E-state index in [0.29, 0.717) is 131 Å². The van der Waals surface area contributed by atoms with Crippen molar-refractivity contribution in [2.75, 3.05) is 61.5 Å². The first-order valence-corrected chi connectivity index (χ1v) is 33.2. The number of ether oxygens (including phenoxy) is 3. The molecule has 0 bridgehead atoms. The van der Waals surface area contributed by atoms with Gasteiger partial charge >= 0.3 is 5.97 Å². The number of carbonyl (C=O) groups is 2. The van der Waals surface area contributed by atoms with Crippen molar-refractivity contribution in [3.05, 3.63) is 203 Å². The van der Waals surface area contributed by atoms with Gasteiger partial charge in [0.1, 0.15) is 103 Å². The number of halogens is 6. The van der Waals surface area contributed by atoms with Crippen molar-refractivity contribution in [2.24, 2.45) is 0 Å². The number of carboxylic acids is 1. The van der Waals surface area contributed by atoms with E-state index in [4.69, 9.17) is 51.7 Å². The van der Waals surface area contributed by atoms with Gasteiger partial charge in [0.2, 0.25) is 0 Å². The lowest BCUT2D eigenvalue weighted by Crippen LogP contribution is -2.21. The van der Waals surface area contributed by atoms with E-state index in [-0.39, 0.29) is 67.6 Å². The number of sulfone groups is 2. The quantitative estimate of drug-likeness (QED) is 0.0196. The monoisotopic (exact) mass is 1410 g/mol. The number of anilines is 4. The Hall–Kier alpha value is -8.50. The third-order valence-electron chi connectivity index (χ3n) is 13.0. The van der Waals surface area contributed by atoms with Crippen LogP contribution in [0.4, 0.5) is 31.8 Å². The normalized spacial score (nSPS) is 10.9. The maximum absolute atomic E-state index is 13.4. The molecule has 0 aliphatic carbocycles. The molecule has 0 spiro atoms. The van der Waals surface area contributed by atoms with Gasteiger partial charge in [-0.3, -0.25) is 9.59 Å². The van der Waals surface area contributed by atoms with Gasteiger partial charge in [-0.1, -0.05) is 47.5 Å². The highest BCUT2D eigenvalue weighted by atomic mass is 35.5. The molecule has 29 heteroatoms. The van der Waals surface area contributed by atoms with Crippen LogP contribution in [-0.2, 0) is 60.3 Å². The summed E-state index contributed by atoms with van der Waals surface area (Å²) in [7, 11) is -5.04. The molecule has 94 heavy (non-hydrogen) atoms. The molecule has 0 saturated carbocycles. The fraction of sp³-hybridized carbons (Fsp3) is 0.231. The van der Waals surface area contributed by atoms with E-state index < -0.39 is 25.6 Å². The molecular formula is C65H68Cl4F2N8O13S2. The van der Waals surface area contributed by atoms with Gasteiger partial charge in [0.25, 0.3) is 6.47 Å². The van der Waals surface area contributed by atoms with E-state index >= 15 is 0 Å². The molecule has 10 aromatic rings. The largest absolute Gasteiger partial charge is 0.487 e. The Kier molecular flexibility index (Phi) is 30.8. The van der Waals surface area contributed by atoms with E-state index in [1.807, 2.05) is 72.8 Å². The summed E-state index contributed by atoms with van der Waals surface area (Å²) >= 11 is 12.9. The highest BCUT2D eigenvalue weighted by Gasteiger charge is 2.15. The lowest BCUT2D eigenvalue weighted by atomic mass is 10.1. The molecule has 4 aromatic heterocycles. The Morgan fingerprint density at radius 3 is 1.43 bits per heavy atom. The van der Waals surface area contributed by atoms with Gasteiger partial charge in [-0.2, -0.15) is 0 Å². The number of carboxylic acid groups (broad SMARTS) is 1. The zero-order chi connectivity index (χ0) is 66.0. The molecule has 0 unspecified atom stereocenters. The summed E-state index contributed by atoms with van der Waals surface area (Å²) in [6.45, 7) is 2.59. The van der Waals surface area contributed by atoms with Crippen LogP contribution >= 0.6 is 48.0 Å². The number of furan rings is 2. The molecule has 0 amide bonds. The van der Waals surface area contributed by atoms with Crippen LogP contribution in [-0.4, -0.2) is 110 Å². The lowest BCUT2D eigenvalue weighted by molar-refractivity contribution is -0.137. The van der Waals surface area contributed by atoms with Crippen LogP contribution in [0.25, 0.3) is 44.5 Å². The fourth-order valence-corrected chi connectivity index (χ4v) is 10.1. The first kappa shape index (κ1) is 76.2. The standard InChI is InChI=1S/2C29H26ClFN4O4S.C6H10O4.CH4O.2ClH/c2*1-40(36,37)12-11-32-16-23-7-10-27(39-23)20-5-8-26-24(14-20)29(34-18-33-26)35-22-6-9-28(25(30)15-22)38-17-19-3-2-4-21(31)13-19;7-5-10-4-2-1-3-6(8)9;1-2;;/h2*2-10,13-15,18,32H,11-12,16-17H2,1H3,(H,33,34,35);5H,1-4H2,(H,8,9);2H,1H3;2*1H. The number of rotatable bonds is 28. The molecule has 0 radical (unpaired) electrons. The van der Waals surface area contributed by atoms with Gasteiger partial charge in [0, 0.05) is 72.4 Å². The Balaban J connectivity index is 0.000000285. The number of aromatic nitrogens is 4. The molecule has 0 fully saturated rings. The van der Waals surface area contributed by atoms with Crippen LogP contribution in [0.15, 0.2) is 167 Å². The minimum absolute atomic E-state index is 0. The van der Waals surface area contributed by atoms with Gasteiger partial charge < -0.3 is 54.5 Å². The summed E-state index contributed by atoms with van der Waals surface area (Å²) in [6, 6.07) is 42.0. The van der Waals surface area contributed by atoms with Crippen LogP contribution in [0, 0.1) is 11.6 Å². The first-order chi connectivity index (χ1) is 44.2. The van der Waals surface area contributed by atoms with Crippen LogP contribution < -0.4 is 30.7 Å². The van der Waals surface area contributed by atoms with Crippen molar-refractivity contribution >= 4 is 125 Å². The van der Waals surface area contributed by atoms with E-state index in [9.17, 15) is 35.2 Å². The summed E-state index contributed by atoms with van der Waals surface area (Å²) in [5.41, 5.74) is 5.98. The third kappa shape index (κ3) is 25.1. The first-order valence-electron chi connectivity index (χ1n) is 28.3. The Morgan fingerprint density at radius 2 is 1.03 bits per heavy atom. The second-order valence-corrected chi connectivity index (χ2v) is 25.6. The summed E-state index contributed by atoms with van der Waals surface area (Å²) in [4.78, 5) is 37.1. The van der Waals surface area contributed by atoms with Crippen molar-refractivity contribution in [1.29, 1.82) is 0 Å². The molecule has 10 rings (SSSR count). The summed E-state index contributed by atoms with van der Waals surface area (Å²) in [6.07, 6.45) is 6.70. The lowest BCUT2D eigenvalue weighted by Gasteiger charge is -2.12. The number of aliphatic carboxylic acids is 1. The van der Waals surface area contributed by atoms with Gasteiger partial charge in [-0.25, -0.2) is 45.6 Å². The predicted octanol–water partition coefficient (Wildman–Crippen LogP) is 13.1. The Labute approximate surface area is 564 Å². The van der Waals surface area contributed by atoms with Crippen LogP contribution in [0.1, 0.15) is 41.9 Å². The molecule has 6 N–H and O–H groups in total. The number of fused-ring (bicyclic) bond motifs is 2. The van der Waals surface area contributed by atoms with Gasteiger partial charge in [-0.15, -0.1) is 24.8 Å². The van der Waals surface area contributed by atoms with Crippen molar-refractivity contribution < 1.29 is 68.5 Å². The third-order valence-corrected chi connectivity index (χ3v) is 15.5. The second kappa shape index (κ2) is 38.0. The maximum Gasteiger partial charge on any atom is 0.303 e. The van der Waals surface area contributed by atoms with E-state index in [2.05, 4.69) is 45.9 Å². The zero-order valence-electron chi connectivity index (χ0n) is 50.9. The van der Waals surface area contributed by atoms with Gasteiger partial charge in [0.15, 0.2) is 0 Å². The highest BCUT2D eigenvalue weighted by molar-refractivity contribution is 7.90. The average Bonchev–Trinajstić information content (AvgIpc) is 1.14. The van der Waals surface area contributed by atoms with Crippen LogP contribution in [0.2, 0.25) is 10.0 Å². The van der Waals surface area contributed by atoms with Crippen molar-refractivity contribution in [3.63, 3.8) is 0 Å². The number of unbranched alkanes of at least 4 members (excludes halogenated alkanes) is 1. The highest BCUT2D eigenvalue weighted by Crippen LogP contribution is 2.35. The Bertz CT molecular complexity index is 4070. The number of hydrogen-bond acceptors (Lipinski definition) is 20. The predicted molar refractivity (Wildman–Crippen MR) is 364 cm³/mol. The number of aliphatic hydroxyl groups is 1. The number of benzene rings is 6. The molecule has 500 valence electrons. The molecule has 0 aliphatic heterocycles. The molecule has 0 saturated heterocycles. The summed E-state index contributed by atoms with van der Waals surface area (Å²) in [5.74, 6) is 3.53. The molecule has 0 atom stereocenters. The smallest absolute Gasteiger partial charge is 0.303 e. The van der Waals surface area contributed by atoms with Crippen LogP contribution in [0.3, 0.4) is 0 Å². The fourth-order valence-electron chi connectivity index (χ4n) is 8.56. The molecular weight excluding hydrogens is 1340 g/mol. The number of carbonyl (C=O) groups excluding carboxylic acids is 1. The van der Waals surface area contributed by atoms with Crippen molar-refractivity contribution in [2.45, 2.75) is 45.6 Å². The molecule has 6 aromatic carbocycles. The van der Waals surface area contributed by atoms with E-state index in [1.54, 1.807) is 48.5 Å². The number of aliphatic hydroxyl groups excluding tert-OH is 1.